The summed E-state index contributed by atoms with van der Waals surface area (Å²) in [6.45, 7) is 0.388. The van der Waals surface area contributed by atoms with Gasteiger partial charge in [-0.15, -0.1) is 0 Å². The van der Waals surface area contributed by atoms with Crippen molar-refractivity contribution in [2.24, 2.45) is 5.92 Å². The second-order valence-electron chi connectivity index (χ2n) is 5.21. The number of halogens is 1. The lowest BCUT2D eigenvalue weighted by molar-refractivity contribution is -0.122. The van der Waals surface area contributed by atoms with Crippen molar-refractivity contribution in [2.45, 2.75) is 6.42 Å². The molecule has 5 heteroatoms. The Bertz CT molecular complexity index is 703. The van der Waals surface area contributed by atoms with E-state index in [0.29, 0.717) is 17.3 Å². The molecule has 1 N–H and O–H groups in total. The van der Waals surface area contributed by atoms with Crippen molar-refractivity contribution in [3.05, 3.63) is 59.6 Å². The summed E-state index contributed by atoms with van der Waals surface area (Å²) in [5.41, 5.74) is 1.39. The summed E-state index contributed by atoms with van der Waals surface area (Å²) in [6.07, 6.45) is 0.213. The summed E-state index contributed by atoms with van der Waals surface area (Å²) in [5, 5.41) is 3.28. The number of nitrogens with zero attached hydrogens (tertiary/aromatic N) is 1. The quantitative estimate of drug-likeness (QED) is 0.944. The zero-order chi connectivity index (χ0) is 15.5. The van der Waals surface area contributed by atoms with E-state index in [4.69, 9.17) is 11.6 Å². The third kappa shape index (κ3) is 2.97. The van der Waals surface area contributed by atoms with E-state index in [0.717, 1.165) is 5.69 Å². The monoisotopic (exact) mass is 314 g/mol. The summed E-state index contributed by atoms with van der Waals surface area (Å²) >= 11 is 6.04. The Hall–Kier alpha value is -2.33. The highest BCUT2D eigenvalue weighted by Crippen LogP contribution is 2.27. The highest BCUT2D eigenvalue weighted by molar-refractivity contribution is 6.33. The molecular weight excluding hydrogens is 300 g/mol. The Morgan fingerprint density at radius 3 is 2.50 bits per heavy atom. The van der Waals surface area contributed by atoms with Crippen LogP contribution >= 0.6 is 11.6 Å². The molecule has 0 unspecified atom stereocenters. The van der Waals surface area contributed by atoms with Crippen molar-refractivity contribution in [1.82, 2.24) is 0 Å². The number of hydrogen-bond donors (Lipinski definition) is 1. The predicted molar refractivity (Wildman–Crippen MR) is 87.0 cm³/mol. The summed E-state index contributed by atoms with van der Waals surface area (Å²) in [5.74, 6) is -0.589. The molecule has 1 heterocycles. The Labute approximate surface area is 133 Å². The van der Waals surface area contributed by atoms with Gasteiger partial charge in [-0.05, 0) is 24.3 Å². The predicted octanol–water partition coefficient (Wildman–Crippen LogP) is 3.33. The van der Waals surface area contributed by atoms with Gasteiger partial charge in [0.05, 0.1) is 16.6 Å². The van der Waals surface area contributed by atoms with Crippen LogP contribution in [0.5, 0.6) is 0 Å². The first kappa shape index (κ1) is 14.6. The largest absolute Gasteiger partial charge is 0.324 e. The smallest absolute Gasteiger partial charge is 0.229 e. The molecule has 0 radical (unpaired) electrons. The van der Waals surface area contributed by atoms with E-state index < -0.39 is 0 Å². The van der Waals surface area contributed by atoms with Crippen molar-refractivity contribution in [3.8, 4) is 0 Å². The molecular formula is C17H15ClN2O2. The first-order valence-corrected chi connectivity index (χ1v) is 7.44. The number of carbonyl (C=O) groups excluding carboxylic acids is 2. The molecule has 2 amide bonds. The molecule has 4 nitrogen and oxygen atoms in total. The maximum atomic E-state index is 12.3. The third-order valence-corrected chi connectivity index (χ3v) is 4.03. The number of hydrogen-bond acceptors (Lipinski definition) is 2. The maximum absolute atomic E-state index is 12.3. The average Bonchev–Trinajstić information content (AvgIpc) is 2.92. The minimum atomic E-state index is -0.371. The van der Waals surface area contributed by atoms with Crippen molar-refractivity contribution in [2.75, 3.05) is 16.8 Å². The van der Waals surface area contributed by atoms with Gasteiger partial charge in [-0.25, -0.2) is 0 Å². The van der Waals surface area contributed by atoms with Gasteiger partial charge in [-0.2, -0.15) is 0 Å². The molecule has 0 spiro atoms. The van der Waals surface area contributed by atoms with E-state index in [-0.39, 0.29) is 24.2 Å². The molecule has 0 aliphatic carbocycles. The second-order valence-corrected chi connectivity index (χ2v) is 5.62. The molecule has 112 valence electrons. The molecule has 1 aliphatic rings. The van der Waals surface area contributed by atoms with Crippen LogP contribution < -0.4 is 10.2 Å². The number of anilines is 2. The fraction of sp³-hybridized carbons (Fsp3) is 0.176. The van der Waals surface area contributed by atoms with Crippen LogP contribution in [0, 0.1) is 5.92 Å². The molecule has 1 atom stereocenters. The Morgan fingerprint density at radius 1 is 1.09 bits per heavy atom. The normalized spacial score (nSPS) is 17.6. The van der Waals surface area contributed by atoms with Gasteiger partial charge in [-0.3, -0.25) is 9.59 Å². The SMILES string of the molecule is O=C(Nc1ccccc1Cl)[C@H]1CC(=O)N(c2ccccc2)C1. The standard InChI is InChI=1S/C17H15ClN2O2/c18-14-8-4-5-9-15(14)19-17(22)12-10-16(21)20(11-12)13-6-2-1-3-7-13/h1-9,12H,10-11H2,(H,19,22)/t12-/m0/s1. The maximum Gasteiger partial charge on any atom is 0.229 e. The summed E-state index contributed by atoms with van der Waals surface area (Å²) in [6, 6.07) is 16.4. The molecule has 3 rings (SSSR count). The van der Waals surface area contributed by atoms with Gasteiger partial charge < -0.3 is 10.2 Å². The topological polar surface area (TPSA) is 49.4 Å². The molecule has 1 saturated heterocycles. The van der Waals surface area contributed by atoms with Gasteiger partial charge in [0, 0.05) is 18.7 Å². The molecule has 1 aliphatic heterocycles. The Kier molecular flexibility index (Phi) is 4.11. The Morgan fingerprint density at radius 2 is 1.77 bits per heavy atom. The fourth-order valence-electron chi connectivity index (χ4n) is 2.54. The summed E-state index contributed by atoms with van der Waals surface area (Å²) in [7, 11) is 0. The number of para-hydroxylation sites is 2. The van der Waals surface area contributed by atoms with E-state index in [9.17, 15) is 9.59 Å². The van der Waals surface area contributed by atoms with Crippen LogP contribution in [-0.2, 0) is 9.59 Å². The Balaban J connectivity index is 1.71. The highest BCUT2D eigenvalue weighted by Gasteiger charge is 2.35. The summed E-state index contributed by atoms with van der Waals surface area (Å²) < 4.78 is 0. The van der Waals surface area contributed by atoms with Crippen molar-refractivity contribution >= 4 is 34.8 Å². The second kappa shape index (κ2) is 6.20. The number of amides is 2. The van der Waals surface area contributed by atoms with E-state index in [1.165, 1.54) is 0 Å². The lowest BCUT2D eigenvalue weighted by Gasteiger charge is -2.16. The van der Waals surface area contributed by atoms with Crippen LogP contribution in [0.1, 0.15) is 6.42 Å². The molecule has 0 bridgehead atoms. The zero-order valence-electron chi connectivity index (χ0n) is 11.8. The van der Waals surface area contributed by atoms with Crippen molar-refractivity contribution in [3.63, 3.8) is 0 Å². The minimum Gasteiger partial charge on any atom is -0.324 e. The van der Waals surface area contributed by atoms with Crippen LogP contribution in [0.4, 0.5) is 11.4 Å². The van der Waals surface area contributed by atoms with E-state index in [1.54, 1.807) is 29.2 Å². The van der Waals surface area contributed by atoms with E-state index in [1.807, 2.05) is 30.3 Å². The number of carbonyl (C=O) groups is 2. The van der Waals surface area contributed by atoms with Gasteiger partial charge in [0.1, 0.15) is 0 Å². The molecule has 0 aromatic heterocycles. The van der Waals surface area contributed by atoms with E-state index in [2.05, 4.69) is 5.32 Å². The molecule has 2 aromatic rings. The van der Waals surface area contributed by atoms with Gasteiger partial charge >= 0.3 is 0 Å². The summed E-state index contributed by atoms with van der Waals surface area (Å²) in [4.78, 5) is 26.1. The number of nitrogens with one attached hydrogen (secondary N) is 1. The van der Waals surface area contributed by atoms with Crippen LogP contribution in [0.15, 0.2) is 54.6 Å². The van der Waals surface area contributed by atoms with Gasteiger partial charge in [0.2, 0.25) is 11.8 Å². The average molecular weight is 315 g/mol. The number of benzene rings is 2. The van der Waals surface area contributed by atoms with Gasteiger partial charge in [-0.1, -0.05) is 41.9 Å². The van der Waals surface area contributed by atoms with Crippen molar-refractivity contribution in [1.29, 1.82) is 0 Å². The third-order valence-electron chi connectivity index (χ3n) is 3.70. The molecule has 2 aromatic carbocycles. The number of rotatable bonds is 3. The van der Waals surface area contributed by atoms with Crippen LogP contribution in [0.25, 0.3) is 0 Å². The first-order valence-electron chi connectivity index (χ1n) is 7.06. The minimum absolute atomic E-state index is 0.0366. The molecule has 1 fully saturated rings. The van der Waals surface area contributed by atoms with Gasteiger partial charge in [0.25, 0.3) is 0 Å². The lowest BCUT2D eigenvalue weighted by Crippen LogP contribution is -2.28. The van der Waals surface area contributed by atoms with Crippen LogP contribution in [-0.4, -0.2) is 18.4 Å². The fourth-order valence-corrected chi connectivity index (χ4v) is 2.72. The molecule has 0 saturated carbocycles. The van der Waals surface area contributed by atoms with Gasteiger partial charge in [0.15, 0.2) is 0 Å². The van der Waals surface area contributed by atoms with Crippen molar-refractivity contribution < 1.29 is 9.59 Å². The molecule has 22 heavy (non-hydrogen) atoms. The highest BCUT2D eigenvalue weighted by atomic mass is 35.5. The first-order chi connectivity index (χ1) is 10.6. The van der Waals surface area contributed by atoms with Crippen LogP contribution in [0.3, 0.4) is 0 Å². The van der Waals surface area contributed by atoms with Crippen LogP contribution in [0.2, 0.25) is 5.02 Å². The zero-order valence-corrected chi connectivity index (χ0v) is 12.6. The lowest BCUT2D eigenvalue weighted by atomic mass is 10.1. The van der Waals surface area contributed by atoms with E-state index >= 15 is 0 Å².